The fourth-order valence-corrected chi connectivity index (χ4v) is 12.0. The van der Waals surface area contributed by atoms with Crippen LogP contribution in [0.25, 0.3) is 22.3 Å². The number of halogens is 6. The van der Waals surface area contributed by atoms with E-state index in [0.717, 1.165) is 63.1 Å². The third kappa shape index (κ3) is 13.9. The van der Waals surface area contributed by atoms with Gasteiger partial charge in [0.15, 0.2) is 24.9 Å². The van der Waals surface area contributed by atoms with Crippen LogP contribution in [-0.2, 0) is 31.9 Å². The standard InChI is InChI=1S/2C27H31F2NO.2C3H5FO.C2H6.2H2/c2*1-3-30-26-22(23(16-27(26)10-11-27)17(2)24-9-12-31-24)14-19-13-20(28)15-21(25(19)29)18-7-5-4-6-8-18;2*1-3(4)2-5;1-2;;/h2*4-8,13,15,22-24,26,30H,2-3,9-12,14,16H2,1H3;2*2-3H,1H3;1-2H3;2*1H/t2*22-,23?,24-,26-;2*3-;;;/m1110.../s1. The quantitative estimate of drug-likeness (QED) is 0.0662. The molecule has 10 atom stereocenters. The molecule has 6 aliphatic rings. The minimum Gasteiger partial charge on any atom is -0.374 e. The Labute approximate surface area is 439 Å². The molecule has 2 N–H and O–H groups in total. The van der Waals surface area contributed by atoms with E-state index in [2.05, 4.69) is 37.6 Å². The highest BCUT2D eigenvalue weighted by Crippen LogP contribution is 2.65. The van der Waals surface area contributed by atoms with Crippen molar-refractivity contribution >= 4 is 12.6 Å². The molecule has 6 fully saturated rings. The molecule has 2 saturated heterocycles. The maximum absolute atomic E-state index is 15.6. The van der Waals surface area contributed by atoms with E-state index < -0.39 is 12.3 Å². The number of hydrogen-bond acceptors (Lipinski definition) is 6. The van der Waals surface area contributed by atoms with Crippen LogP contribution in [0.1, 0.15) is 107 Å². The lowest BCUT2D eigenvalue weighted by Gasteiger charge is -2.35. The van der Waals surface area contributed by atoms with Crippen LogP contribution in [0.4, 0.5) is 26.3 Å². The van der Waals surface area contributed by atoms with E-state index in [-0.39, 0.29) is 85.4 Å². The smallest absolute Gasteiger partial charge is 0.153 e. The van der Waals surface area contributed by atoms with Gasteiger partial charge in [0.2, 0.25) is 0 Å². The summed E-state index contributed by atoms with van der Waals surface area (Å²) >= 11 is 0. The second kappa shape index (κ2) is 26.7. The van der Waals surface area contributed by atoms with Crippen molar-refractivity contribution in [1.82, 2.24) is 10.6 Å². The molecule has 0 amide bonds. The summed E-state index contributed by atoms with van der Waals surface area (Å²) < 4.78 is 94.1. The number of nitrogens with one attached hydrogen (secondary N) is 2. The average molecular weight is 1030 g/mol. The van der Waals surface area contributed by atoms with E-state index in [0.29, 0.717) is 58.3 Å². The Bertz CT molecular complexity index is 2310. The van der Waals surface area contributed by atoms with Crippen LogP contribution in [0.15, 0.2) is 109 Å². The molecule has 4 aliphatic carbocycles. The molecule has 2 spiro atoms. The molecule has 6 nitrogen and oxygen atoms in total. The van der Waals surface area contributed by atoms with Gasteiger partial charge in [-0.3, -0.25) is 0 Å². The van der Waals surface area contributed by atoms with Gasteiger partial charge in [0, 0.05) is 38.9 Å². The van der Waals surface area contributed by atoms with Crippen molar-refractivity contribution < 1.29 is 48.3 Å². The summed E-state index contributed by atoms with van der Waals surface area (Å²) in [5.41, 5.74) is 5.91. The number of benzene rings is 4. The van der Waals surface area contributed by atoms with Gasteiger partial charge >= 0.3 is 0 Å². The van der Waals surface area contributed by atoms with Crippen molar-refractivity contribution in [1.29, 1.82) is 0 Å². The van der Waals surface area contributed by atoms with Gasteiger partial charge in [-0.1, -0.05) is 102 Å². The Hall–Kier alpha value is -4.88. The molecule has 74 heavy (non-hydrogen) atoms. The van der Waals surface area contributed by atoms with Crippen LogP contribution in [0, 0.1) is 57.8 Å². The van der Waals surface area contributed by atoms with Crippen molar-refractivity contribution in [2.45, 2.75) is 142 Å². The highest BCUT2D eigenvalue weighted by atomic mass is 19.2. The molecule has 0 aromatic heterocycles. The summed E-state index contributed by atoms with van der Waals surface area (Å²) in [4.78, 5) is 18.3. The molecule has 12 heteroatoms. The number of ether oxygens (including phenoxy) is 2. The van der Waals surface area contributed by atoms with Crippen LogP contribution < -0.4 is 10.6 Å². The van der Waals surface area contributed by atoms with Gasteiger partial charge in [-0.15, -0.1) is 0 Å². The first kappa shape index (κ1) is 58.4. The molecule has 4 aromatic carbocycles. The van der Waals surface area contributed by atoms with E-state index in [1.807, 2.05) is 74.5 Å². The Morgan fingerprint density at radius 1 is 0.635 bits per heavy atom. The number of carbonyl (C=O) groups is 2. The Morgan fingerprint density at radius 3 is 1.22 bits per heavy atom. The topological polar surface area (TPSA) is 76.7 Å². The number of carbonyl (C=O) groups excluding carboxylic acids is 2. The van der Waals surface area contributed by atoms with Crippen molar-refractivity contribution in [2.75, 3.05) is 26.3 Å². The lowest BCUT2D eigenvalue weighted by atomic mass is 9.79. The third-order valence-electron chi connectivity index (χ3n) is 16.0. The fourth-order valence-electron chi connectivity index (χ4n) is 12.0. The van der Waals surface area contributed by atoms with E-state index in [1.165, 1.54) is 63.8 Å². The fraction of sp³-hybridized carbons (Fsp3) is 0.516. The van der Waals surface area contributed by atoms with E-state index >= 15 is 8.78 Å². The van der Waals surface area contributed by atoms with Crippen molar-refractivity contribution in [3.63, 3.8) is 0 Å². The summed E-state index contributed by atoms with van der Waals surface area (Å²) in [6.07, 6.45) is 8.21. The van der Waals surface area contributed by atoms with Gasteiger partial charge in [0.1, 0.15) is 23.3 Å². The van der Waals surface area contributed by atoms with Gasteiger partial charge in [-0.2, -0.15) is 0 Å². The SMILES string of the molecule is C=C(C1CC2(CC2)[C@H](NCC)[C@@H]1Cc1cc(F)cc(-c2ccccc2)c1F)[C@H]1CCO1.C=C(C1CC2(CC2)[C@H](NCC)[C@@H]1Cc1cc(F)cc(-c2ccccc2)c1F)[C@H]1CCO1.CC.C[C@@H](F)C=O.C[C@H](F)C=O.[HH].[HH]. The zero-order valence-corrected chi connectivity index (χ0v) is 44.2. The molecule has 10 rings (SSSR count). The molecule has 2 unspecified atom stereocenters. The van der Waals surface area contributed by atoms with Gasteiger partial charge in [0.05, 0.1) is 25.4 Å². The molecule has 4 aromatic rings. The predicted octanol–water partition coefficient (Wildman–Crippen LogP) is 14.4. The van der Waals surface area contributed by atoms with Crippen molar-refractivity contribution in [2.24, 2.45) is 34.5 Å². The lowest BCUT2D eigenvalue weighted by Crippen LogP contribution is -2.41. The van der Waals surface area contributed by atoms with E-state index in [4.69, 9.17) is 19.1 Å². The van der Waals surface area contributed by atoms with Gasteiger partial charge in [-0.25, -0.2) is 26.3 Å². The molecule has 406 valence electrons. The summed E-state index contributed by atoms with van der Waals surface area (Å²) in [6, 6.07) is 24.5. The van der Waals surface area contributed by atoms with Gasteiger partial charge in [0.25, 0.3) is 0 Å². The third-order valence-corrected chi connectivity index (χ3v) is 16.0. The number of hydrogen-bond donors (Lipinski definition) is 2. The number of aldehydes is 2. The molecule has 2 aliphatic heterocycles. The monoisotopic (exact) mass is 1030 g/mol. The summed E-state index contributed by atoms with van der Waals surface area (Å²) in [6.45, 7) is 22.8. The second-order valence-corrected chi connectivity index (χ2v) is 20.8. The van der Waals surface area contributed by atoms with Crippen LogP contribution >= 0.6 is 0 Å². The number of alkyl halides is 2. The zero-order chi connectivity index (χ0) is 53.7. The highest BCUT2D eigenvalue weighted by molar-refractivity contribution is 5.66. The number of rotatable bonds is 16. The summed E-state index contributed by atoms with van der Waals surface area (Å²) in [5, 5.41) is 7.42. The molecular formula is C62H82F6N2O4. The maximum atomic E-state index is 15.6. The minimum atomic E-state index is -1.30. The van der Waals surface area contributed by atoms with Gasteiger partial charge < -0.3 is 29.7 Å². The lowest BCUT2D eigenvalue weighted by molar-refractivity contribution is -0.112. The minimum absolute atomic E-state index is 0. The Balaban J connectivity index is 0.000000266. The molecule has 2 heterocycles. The zero-order valence-electron chi connectivity index (χ0n) is 44.2. The second-order valence-electron chi connectivity index (χ2n) is 20.8. The van der Waals surface area contributed by atoms with E-state index in [1.54, 1.807) is 0 Å². The summed E-state index contributed by atoms with van der Waals surface area (Å²) in [5.74, 6) is -0.426. The normalized spacial score (nSPS) is 25.8. The maximum Gasteiger partial charge on any atom is 0.153 e. The van der Waals surface area contributed by atoms with Gasteiger partial charge in [-0.05, 0) is 170 Å². The first-order valence-electron chi connectivity index (χ1n) is 26.9. The first-order valence-corrected chi connectivity index (χ1v) is 26.9. The Kier molecular flexibility index (Phi) is 21.1. The average Bonchev–Trinajstić information content (AvgIpc) is 4.29. The van der Waals surface area contributed by atoms with E-state index in [9.17, 15) is 17.6 Å². The predicted molar refractivity (Wildman–Crippen MR) is 288 cm³/mol. The first-order chi connectivity index (χ1) is 35.6. The van der Waals surface area contributed by atoms with Crippen molar-refractivity contribution in [3.8, 4) is 22.3 Å². The molecular weight excluding hydrogens is 951 g/mol. The largest absolute Gasteiger partial charge is 0.374 e. The van der Waals surface area contributed by atoms with Crippen LogP contribution in [-0.4, -0.2) is 75.5 Å². The molecule has 0 bridgehead atoms. The Morgan fingerprint density at radius 2 is 0.959 bits per heavy atom. The molecule has 0 radical (unpaired) electrons. The van der Waals surface area contributed by atoms with Crippen LogP contribution in [0.5, 0.6) is 0 Å². The summed E-state index contributed by atoms with van der Waals surface area (Å²) in [7, 11) is 0. The van der Waals surface area contributed by atoms with Crippen molar-refractivity contribution in [3.05, 3.63) is 144 Å². The van der Waals surface area contributed by atoms with Crippen LogP contribution in [0.3, 0.4) is 0 Å². The van der Waals surface area contributed by atoms with Crippen LogP contribution in [0.2, 0.25) is 0 Å². The molecule has 4 saturated carbocycles. The highest BCUT2D eigenvalue weighted by Gasteiger charge is 2.61.